The molecule has 9 nitrogen and oxygen atoms in total. The molecule has 2 amide bonds. The summed E-state index contributed by atoms with van der Waals surface area (Å²) in [5.74, 6) is -3.53. The van der Waals surface area contributed by atoms with Crippen LogP contribution in [0.15, 0.2) is 78.9 Å². The summed E-state index contributed by atoms with van der Waals surface area (Å²) >= 11 is 0. The van der Waals surface area contributed by atoms with E-state index in [2.05, 4.69) is 0 Å². The summed E-state index contributed by atoms with van der Waals surface area (Å²) in [6.07, 6.45) is 0. The van der Waals surface area contributed by atoms with Crippen LogP contribution in [0.5, 0.6) is 0 Å². The van der Waals surface area contributed by atoms with E-state index >= 15 is 0 Å². The predicted octanol–water partition coefficient (Wildman–Crippen LogP) is 5.80. The molecule has 0 N–H and O–H groups in total. The molecule has 1 aliphatic rings. The van der Waals surface area contributed by atoms with Gasteiger partial charge in [-0.3, -0.25) is 19.2 Å². The van der Waals surface area contributed by atoms with Crippen molar-refractivity contribution >= 4 is 41.0 Å². The maximum atomic E-state index is 13.2. The number of amides is 2. The Morgan fingerprint density at radius 2 is 0.956 bits per heavy atom. The lowest BCUT2D eigenvalue weighted by molar-refractivity contribution is 0.0472. The van der Waals surface area contributed by atoms with E-state index in [1.54, 1.807) is 24.3 Å². The van der Waals surface area contributed by atoms with Crippen molar-refractivity contribution in [3.05, 3.63) is 134 Å². The van der Waals surface area contributed by atoms with Crippen molar-refractivity contribution in [3.63, 3.8) is 0 Å². The fourth-order valence-electron chi connectivity index (χ4n) is 4.77. The second kappa shape index (κ2) is 12.5. The molecule has 226 valence electrons. The maximum absolute atomic E-state index is 13.2. The Hall–Kier alpha value is -5.70. The van der Waals surface area contributed by atoms with Crippen molar-refractivity contribution in [1.29, 1.82) is 0 Å². The zero-order chi connectivity index (χ0) is 32.4. The summed E-state index contributed by atoms with van der Waals surface area (Å²) in [6.45, 7) is 6.71. The Morgan fingerprint density at radius 1 is 0.511 bits per heavy atom. The standard InChI is InChI=1S/C36H29NO8/c1-20-5-7-25(15-22(20)3)31(38)18-44-35(42)24-9-12-28(13-10-24)37-33(40)29-14-11-27(17-30(29)34(37)41)36(43)45-19-32(39)26-8-6-21(2)23(4)16-26/h5-17H,18-19H2,1-4H3. The van der Waals surface area contributed by atoms with Crippen LogP contribution in [-0.4, -0.2) is 48.5 Å². The molecule has 0 bridgehead atoms. The first-order chi connectivity index (χ1) is 21.4. The quantitative estimate of drug-likeness (QED) is 0.134. The van der Waals surface area contributed by atoms with Crippen LogP contribution in [0.3, 0.4) is 0 Å². The highest BCUT2D eigenvalue weighted by Crippen LogP contribution is 2.29. The lowest BCUT2D eigenvalue weighted by Gasteiger charge is -2.14. The largest absolute Gasteiger partial charge is 0.454 e. The lowest BCUT2D eigenvalue weighted by Crippen LogP contribution is -2.29. The zero-order valence-corrected chi connectivity index (χ0v) is 25.1. The number of Topliss-reactive ketones (excluding diaryl/α,β-unsaturated/α-hetero) is 2. The van der Waals surface area contributed by atoms with E-state index in [9.17, 15) is 28.8 Å². The Balaban J connectivity index is 1.22. The second-order valence-corrected chi connectivity index (χ2v) is 10.8. The molecule has 1 aliphatic heterocycles. The van der Waals surface area contributed by atoms with E-state index in [-0.39, 0.29) is 39.5 Å². The number of hydrogen-bond acceptors (Lipinski definition) is 8. The Kier molecular flexibility index (Phi) is 8.54. The Bertz CT molecular complexity index is 1910. The number of hydrogen-bond donors (Lipinski definition) is 0. The summed E-state index contributed by atoms with van der Waals surface area (Å²) in [4.78, 5) is 77.5. The van der Waals surface area contributed by atoms with Crippen LogP contribution in [0.25, 0.3) is 0 Å². The van der Waals surface area contributed by atoms with E-state index in [1.165, 1.54) is 42.5 Å². The van der Waals surface area contributed by atoms with Crippen molar-refractivity contribution in [3.8, 4) is 0 Å². The van der Waals surface area contributed by atoms with Gasteiger partial charge >= 0.3 is 11.9 Å². The van der Waals surface area contributed by atoms with Crippen molar-refractivity contribution in [2.75, 3.05) is 18.1 Å². The number of carbonyl (C=O) groups is 6. The molecule has 0 saturated heterocycles. The molecular formula is C36H29NO8. The third-order valence-corrected chi connectivity index (χ3v) is 7.81. The number of esters is 2. The van der Waals surface area contributed by atoms with Gasteiger partial charge in [0.2, 0.25) is 0 Å². The highest BCUT2D eigenvalue weighted by atomic mass is 16.5. The van der Waals surface area contributed by atoms with Crippen LogP contribution in [0.4, 0.5) is 5.69 Å². The minimum Gasteiger partial charge on any atom is -0.454 e. The third kappa shape index (κ3) is 6.33. The topological polar surface area (TPSA) is 124 Å². The number of anilines is 1. The fraction of sp³-hybridized carbons (Fsp3) is 0.167. The maximum Gasteiger partial charge on any atom is 0.338 e. The summed E-state index contributed by atoms with van der Waals surface area (Å²) in [7, 11) is 0. The minimum atomic E-state index is -0.812. The highest BCUT2D eigenvalue weighted by Gasteiger charge is 2.37. The second-order valence-electron chi connectivity index (χ2n) is 10.8. The summed E-state index contributed by atoms with van der Waals surface area (Å²) < 4.78 is 10.4. The molecular weight excluding hydrogens is 574 g/mol. The SMILES string of the molecule is Cc1ccc(C(=O)COC(=O)c2ccc(N3C(=O)c4ccc(C(=O)OCC(=O)c5ccc(C)c(C)c5)cc4C3=O)cc2)cc1C. The fourth-order valence-corrected chi connectivity index (χ4v) is 4.77. The number of benzene rings is 4. The lowest BCUT2D eigenvalue weighted by atomic mass is 10.0. The van der Waals surface area contributed by atoms with Crippen LogP contribution in [0.2, 0.25) is 0 Å². The highest BCUT2D eigenvalue weighted by molar-refractivity contribution is 6.34. The first-order valence-corrected chi connectivity index (χ1v) is 14.1. The number of rotatable bonds is 9. The predicted molar refractivity (Wildman–Crippen MR) is 165 cm³/mol. The molecule has 5 rings (SSSR count). The van der Waals surface area contributed by atoms with Gasteiger partial charge in [0.15, 0.2) is 24.8 Å². The van der Waals surface area contributed by atoms with E-state index in [0.29, 0.717) is 11.1 Å². The average Bonchev–Trinajstić information content (AvgIpc) is 3.29. The summed E-state index contributed by atoms with van der Waals surface area (Å²) in [5.41, 5.74) is 5.26. The molecule has 4 aromatic carbocycles. The minimum absolute atomic E-state index is 0.00303. The number of ketones is 2. The Labute approximate surface area is 259 Å². The molecule has 0 aliphatic carbocycles. The summed E-state index contributed by atoms with van der Waals surface area (Å²) in [6, 6.07) is 20.0. The van der Waals surface area contributed by atoms with Gasteiger partial charge in [0.25, 0.3) is 11.8 Å². The van der Waals surface area contributed by atoms with Gasteiger partial charge in [0.05, 0.1) is 27.9 Å². The van der Waals surface area contributed by atoms with Crippen LogP contribution in [-0.2, 0) is 9.47 Å². The van der Waals surface area contributed by atoms with Gasteiger partial charge in [-0.1, -0.05) is 24.3 Å². The van der Waals surface area contributed by atoms with Crippen molar-refractivity contribution in [2.24, 2.45) is 0 Å². The molecule has 9 heteroatoms. The van der Waals surface area contributed by atoms with Crippen LogP contribution >= 0.6 is 0 Å². The normalized spacial score (nSPS) is 12.1. The average molecular weight is 604 g/mol. The first-order valence-electron chi connectivity index (χ1n) is 14.1. The Morgan fingerprint density at radius 3 is 1.47 bits per heavy atom. The van der Waals surface area contributed by atoms with Gasteiger partial charge in [-0.2, -0.15) is 0 Å². The first kappa shape index (κ1) is 30.7. The molecule has 1 heterocycles. The van der Waals surface area contributed by atoms with Gasteiger partial charge in [-0.05, 0) is 105 Å². The van der Waals surface area contributed by atoms with E-state index < -0.39 is 37.0 Å². The number of imide groups is 1. The smallest absolute Gasteiger partial charge is 0.338 e. The zero-order valence-electron chi connectivity index (χ0n) is 25.1. The molecule has 45 heavy (non-hydrogen) atoms. The van der Waals surface area contributed by atoms with Crippen LogP contribution < -0.4 is 4.90 Å². The van der Waals surface area contributed by atoms with Crippen LogP contribution in [0, 0.1) is 27.7 Å². The molecule has 0 radical (unpaired) electrons. The summed E-state index contributed by atoms with van der Waals surface area (Å²) in [5, 5.41) is 0. The number of ether oxygens (including phenoxy) is 2. The van der Waals surface area contributed by atoms with E-state index in [0.717, 1.165) is 27.2 Å². The number of carbonyl (C=O) groups excluding carboxylic acids is 6. The van der Waals surface area contributed by atoms with E-state index in [1.807, 2.05) is 39.8 Å². The van der Waals surface area contributed by atoms with E-state index in [4.69, 9.17) is 9.47 Å². The third-order valence-electron chi connectivity index (χ3n) is 7.81. The molecule has 4 aromatic rings. The van der Waals surface area contributed by atoms with Crippen molar-refractivity contribution < 1.29 is 38.2 Å². The van der Waals surface area contributed by atoms with Crippen LogP contribution in [0.1, 0.15) is 84.4 Å². The number of nitrogens with zero attached hydrogens (tertiary/aromatic N) is 1. The van der Waals surface area contributed by atoms with Gasteiger partial charge < -0.3 is 9.47 Å². The molecule has 0 unspecified atom stereocenters. The van der Waals surface area contributed by atoms with Gasteiger partial charge in [0.1, 0.15) is 0 Å². The van der Waals surface area contributed by atoms with Gasteiger partial charge in [-0.15, -0.1) is 0 Å². The molecule has 0 saturated carbocycles. The molecule has 0 aromatic heterocycles. The number of fused-ring (bicyclic) bond motifs is 1. The monoisotopic (exact) mass is 603 g/mol. The van der Waals surface area contributed by atoms with Crippen molar-refractivity contribution in [2.45, 2.75) is 27.7 Å². The van der Waals surface area contributed by atoms with Crippen molar-refractivity contribution in [1.82, 2.24) is 0 Å². The molecule has 0 spiro atoms. The molecule has 0 fully saturated rings. The number of aryl methyl sites for hydroxylation is 4. The molecule has 0 atom stereocenters. The van der Waals surface area contributed by atoms with Gasteiger partial charge in [-0.25, -0.2) is 14.5 Å². The van der Waals surface area contributed by atoms with Gasteiger partial charge in [0, 0.05) is 11.1 Å².